The number of aryl methyl sites for hydroxylation is 1. The van der Waals surface area contributed by atoms with Gasteiger partial charge < -0.3 is 19.4 Å². The Morgan fingerprint density at radius 3 is 2.64 bits per heavy atom. The number of hydrogen-bond acceptors (Lipinski definition) is 7. The zero-order valence-electron chi connectivity index (χ0n) is 25.8. The Balaban J connectivity index is 1.09. The number of aromatic amines is 1. The second-order valence-electron chi connectivity index (χ2n) is 12.6. The molecule has 3 aliphatic rings. The summed E-state index contributed by atoms with van der Waals surface area (Å²) in [6, 6.07) is 12.4. The molecule has 3 aliphatic heterocycles. The van der Waals surface area contributed by atoms with Crippen molar-refractivity contribution in [2.24, 2.45) is 5.92 Å². The van der Waals surface area contributed by atoms with Gasteiger partial charge in [-0.25, -0.2) is 9.97 Å². The van der Waals surface area contributed by atoms with E-state index in [4.69, 9.17) is 19.4 Å². The number of benzene rings is 2. The van der Waals surface area contributed by atoms with Crippen molar-refractivity contribution in [3.8, 4) is 22.4 Å². The van der Waals surface area contributed by atoms with Crippen LogP contribution in [0.4, 0.5) is 0 Å². The first kappa shape index (κ1) is 29.1. The average Bonchev–Trinajstić information content (AvgIpc) is 3.73. The molecule has 2 aromatic heterocycles. The highest BCUT2D eigenvalue weighted by Gasteiger charge is 2.23. The van der Waals surface area contributed by atoms with Crippen LogP contribution in [0.25, 0.3) is 33.5 Å². The van der Waals surface area contributed by atoms with E-state index < -0.39 is 0 Å². The Bertz CT molecular complexity index is 1620. The highest BCUT2D eigenvalue weighted by atomic mass is 16.5. The minimum absolute atomic E-state index is 0.0342. The fraction of sp³-hybridized carbons (Fsp3) is 0.457. The molecule has 44 heavy (non-hydrogen) atoms. The molecule has 5 heterocycles. The predicted molar refractivity (Wildman–Crippen MR) is 172 cm³/mol. The Kier molecular flexibility index (Phi) is 8.45. The summed E-state index contributed by atoms with van der Waals surface area (Å²) in [7, 11) is 1.87. The zero-order chi connectivity index (χ0) is 30.0. The molecule has 230 valence electrons. The molecule has 9 nitrogen and oxygen atoms in total. The number of carbonyl (C=O) groups is 1. The molecule has 0 aliphatic carbocycles. The van der Waals surface area contributed by atoms with Gasteiger partial charge in [0.05, 0.1) is 31.7 Å². The largest absolute Gasteiger partial charge is 0.381 e. The molecule has 9 heteroatoms. The van der Waals surface area contributed by atoms with Gasteiger partial charge in [0.25, 0.3) is 5.91 Å². The lowest BCUT2D eigenvalue weighted by atomic mass is 9.92. The molecule has 1 atom stereocenters. The van der Waals surface area contributed by atoms with Gasteiger partial charge in [0.1, 0.15) is 5.52 Å². The van der Waals surface area contributed by atoms with Gasteiger partial charge in [-0.2, -0.15) is 0 Å². The minimum Gasteiger partial charge on any atom is -0.381 e. The normalized spacial score (nSPS) is 19.4. The number of amides is 1. The summed E-state index contributed by atoms with van der Waals surface area (Å²) in [5, 5.41) is 0. The van der Waals surface area contributed by atoms with E-state index in [1.54, 1.807) is 0 Å². The number of morpholine rings is 1. The lowest BCUT2D eigenvalue weighted by molar-refractivity contribution is 0.0326. The van der Waals surface area contributed by atoms with E-state index in [0.29, 0.717) is 11.5 Å². The molecule has 1 amide bonds. The van der Waals surface area contributed by atoms with Crippen LogP contribution in [0, 0.1) is 12.8 Å². The summed E-state index contributed by atoms with van der Waals surface area (Å²) in [5.41, 5.74) is 10.4. The van der Waals surface area contributed by atoms with Crippen molar-refractivity contribution >= 4 is 17.1 Å². The van der Waals surface area contributed by atoms with Crippen molar-refractivity contribution in [1.29, 1.82) is 0 Å². The van der Waals surface area contributed by atoms with E-state index in [1.165, 1.54) is 16.7 Å². The van der Waals surface area contributed by atoms with Gasteiger partial charge in [-0.05, 0) is 66.3 Å². The van der Waals surface area contributed by atoms with Crippen LogP contribution in [0.5, 0.6) is 0 Å². The van der Waals surface area contributed by atoms with Crippen LogP contribution >= 0.6 is 0 Å². The lowest BCUT2D eigenvalue weighted by Crippen LogP contribution is -2.42. The second kappa shape index (κ2) is 12.8. The van der Waals surface area contributed by atoms with E-state index in [9.17, 15) is 4.79 Å². The third kappa shape index (κ3) is 6.15. The molecule has 4 aromatic rings. The van der Waals surface area contributed by atoms with Crippen LogP contribution in [0.1, 0.15) is 33.5 Å². The molecule has 1 N–H and O–H groups in total. The lowest BCUT2D eigenvalue weighted by Gasteiger charge is -2.33. The first-order valence-corrected chi connectivity index (χ1v) is 15.9. The minimum atomic E-state index is 0.0342. The third-order valence-corrected chi connectivity index (χ3v) is 9.50. The van der Waals surface area contributed by atoms with E-state index in [2.05, 4.69) is 33.8 Å². The van der Waals surface area contributed by atoms with E-state index in [0.717, 1.165) is 119 Å². The summed E-state index contributed by atoms with van der Waals surface area (Å²) in [4.78, 5) is 33.1. The molecular weight excluding hydrogens is 552 g/mol. The van der Waals surface area contributed by atoms with Gasteiger partial charge in [0, 0.05) is 88.3 Å². The monoisotopic (exact) mass is 594 g/mol. The molecular formula is C35H42N6O3. The van der Waals surface area contributed by atoms with Crippen molar-refractivity contribution in [2.75, 3.05) is 72.7 Å². The van der Waals surface area contributed by atoms with Crippen molar-refractivity contribution in [1.82, 2.24) is 29.7 Å². The molecule has 0 radical (unpaired) electrons. The van der Waals surface area contributed by atoms with Crippen LogP contribution in [0.3, 0.4) is 0 Å². The summed E-state index contributed by atoms with van der Waals surface area (Å²) < 4.78 is 11.0. The topological polar surface area (TPSA) is 86.8 Å². The quantitative estimate of drug-likeness (QED) is 0.324. The standard InChI is InChI=1S/C35H42N6O3/c1-24-17-28(18-29-22-41(9-7-30(24)29)11-10-40-12-15-43-16-13-40)32-20-37-34-33(38-32)31(19-36-34)26-3-5-27(6-4-26)35(42)39(2)21-25-8-14-44-23-25/h3-6,17-20,25H,7-16,21-23H2,1-2H3,(H,36,37)/t25-/m0/s1. The summed E-state index contributed by atoms with van der Waals surface area (Å²) in [6.45, 7) is 12.5. The van der Waals surface area contributed by atoms with E-state index >= 15 is 0 Å². The Labute approximate surface area is 259 Å². The first-order chi connectivity index (χ1) is 21.5. The predicted octanol–water partition coefficient (Wildman–Crippen LogP) is 4.40. The maximum atomic E-state index is 13.0. The molecule has 2 aromatic carbocycles. The molecule has 2 fully saturated rings. The SMILES string of the molecule is Cc1cc(-c2cnc3[nH]cc(-c4ccc(C(=O)N(C)C[C@@H]5CCOC5)cc4)c3n2)cc2c1CCN(CCN1CCOCC1)C2. The first-order valence-electron chi connectivity index (χ1n) is 15.9. The average molecular weight is 595 g/mol. The van der Waals surface area contributed by atoms with Gasteiger partial charge in [0.2, 0.25) is 0 Å². The number of rotatable bonds is 8. The van der Waals surface area contributed by atoms with E-state index in [1.807, 2.05) is 48.6 Å². The maximum Gasteiger partial charge on any atom is 0.253 e. The summed E-state index contributed by atoms with van der Waals surface area (Å²) in [5.74, 6) is 0.451. The summed E-state index contributed by atoms with van der Waals surface area (Å²) >= 11 is 0. The Morgan fingerprint density at radius 2 is 1.84 bits per heavy atom. The van der Waals surface area contributed by atoms with E-state index in [-0.39, 0.29) is 5.91 Å². The van der Waals surface area contributed by atoms with Gasteiger partial charge in [-0.3, -0.25) is 14.6 Å². The number of nitrogens with zero attached hydrogens (tertiary/aromatic N) is 5. The number of fused-ring (bicyclic) bond motifs is 2. The molecule has 7 rings (SSSR count). The van der Waals surface area contributed by atoms with Crippen LogP contribution in [0.15, 0.2) is 48.8 Å². The molecule has 0 spiro atoms. The van der Waals surface area contributed by atoms with Crippen molar-refractivity contribution in [2.45, 2.75) is 26.3 Å². The van der Waals surface area contributed by atoms with Crippen molar-refractivity contribution in [3.63, 3.8) is 0 Å². The van der Waals surface area contributed by atoms with Gasteiger partial charge in [-0.1, -0.05) is 12.1 Å². The second-order valence-corrected chi connectivity index (χ2v) is 12.6. The summed E-state index contributed by atoms with van der Waals surface area (Å²) in [6.07, 6.45) is 5.93. The highest BCUT2D eigenvalue weighted by molar-refractivity contribution is 5.96. The smallest absolute Gasteiger partial charge is 0.253 e. The number of carbonyl (C=O) groups excluding carboxylic acids is 1. The molecule has 0 unspecified atom stereocenters. The zero-order valence-corrected chi connectivity index (χ0v) is 25.8. The highest BCUT2D eigenvalue weighted by Crippen LogP contribution is 2.32. The molecule has 2 saturated heterocycles. The third-order valence-electron chi connectivity index (χ3n) is 9.50. The number of hydrogen-bond donors (Lipinski definition) is 1. The van der Waals surface area contributed by atoms with Crippen molar-refractivity contribution in [3.05, 3.63) is 71.0 Å². The molecule has 0 bridgehead atoms. The number of ether oxygens (including phenoxy) is 2. The molecule has 0 saturated carbocycles. The fourth-order valence-corrected chi connectivity index (χ4v) is 6.89. The van der Waals surface area contributed by atoms with Gasteiger partial charge >= 0.3 is 0 Å². The van der Waals surface area contributed by atoms with Crippen LogP contribution in [-0.2, 0) is 22.4 Å². The van der Waals surface area contributed by atoms with Gasteiger partial charge in [0.15, 0.2) is 5.65 Å². The number of H-pyrrole nitrogens is 1. The van der Waals surface area contributed by atoms with Gasteiger partial charge in [-0.15, -0.1) is 0 Å². The number of nitrogens with one attached hydrogen (secondary N) is 1. The van der Waals surface area contributed by atoms with Crippen LogP contribution in [-0.4, -0.2) is 108 Å². The Hall–Kier alpha value is -3.63. The van der Waals surface area contributed by atoms with Crippen molar-refractivity contribution < 1.29 is 14.3 Å². The number of aromatic nitrogens is 3. The van der Waals surface area contributed by atoms with Crippen LogP contribution in [0.2, 0.25) is 0 Å². The fourth-order valence-electron chi connectivity index (χ4n) is 6.89. The van der Waals surface area contributed by atoms with Crippen LogP contribution < -0.4 is 0 Å². The Morgan fingerprint density at radius 1 is 1.02 bits per heavy atom. The maximum absolute atomic E-state index is 13.0.